The summed E-state index contributed by atoms with van der Waals surface area (Å²) in [5.41, 5.74) is 11.0. The van der Waals surface area contributed by atoms with Crippen molar-refractivity contribution in [1.82, 2.24) is 4.98 Å². The average molecular weight is 466 g/mol. The lowest BCUT2D eigenvalue weighted by Gasteiger charge is -2.29. The Morgan fingerprint density at radius 3 is 2.31 bits per heavy atom. The van der Waals surface area contributed by atoms with Crippen LogP contribution < -0.4 is 11.1 Å². The van der Waals surface area contributed by atoms with Crippen molar-refractivity contribution in [2.24, 2.45) is 11.1 Å². The molecule has 0 fully saturated rings. The molecular formula is C26H25Cl2N3O. The maximum Gasteiger partial charge on any atom is 0.128 e. The van der Waals surface area contributed by atoms with E-state index < -0.39 is 0 Å². The second-order valence-electron chi connectivity index (χ2n) is 8.96. The largest absolute Gasteiger partial charge is 0.507 e. The fourth-order valence-corrected chi connectivity index (χ4v) is 3.96. The maximum absolute atomic E-state index is 11.2. The van der Waals surface area contributed by atoms with E-state index in [0.29, 0.717) is 21.2 Å². The number of halogens is 2. The van der Waals surface area contributed by atoms with E-state index in [4.69, 9.17) is 28.9 Å². The Kier molecular flexibility index (Phi) is 6.04. The third-order valence-electron chi connectivity index (χ3n) is 5.55. The van der Waals surface area contributed by atoms with Gasteiger partial charge >= 0.3 is 0 Å². The van der Waals surface area contributed by atoms with Crippen LogP contribution in [0.3, 0.4) is 0 Å². The van der Waals surface area contributed by atoms with Crippen molar-refractivity contribution in [3.63, 3.8) is 0 Å². The molecule has 1 aromatic heterocycles. The van der Waals surface area contributed by atoms with Gasteiger partial charge in [0, 0.05) is 50.2 Å². The van der Waals surface area contributed by atoms with Crippen molar-refractivity contribution in [2.45, 2.75) is 26.8 Å². The minimum absolute atomic E-state index is 0.173. The second kappa shape index (κ2) is 8.62. The van der Waals surface area contributed by atoms with Crippen LogP contribution >= 0.6 is 23.2 Å². The van der Waals surface area contributed by atoms with Crippen LogP contribution in [0.15, 0.2) is 66.9 Å². The van der Waals surface area contributed by atoms with Crippen LogP contribution in [-0.2, 0) is 0 Å². The quantitative estimate of drug-likeness (QED) is 0.270. The highest BCUT2D eigenvalue weighted by Crippen LogP contribution is 2.43. The predicted molar refractivity (Wildman–Crippen MR) is 135 cm³/mol. The SMILES string of the molecule is CC(C)(C)C(N)c1cc(Nc2ccnc3cc(Cl)ccc23)cc(-c2ccc(Cl)cc2)c1O. The van der Waals surface area contributed by atoms with Gasteiger partial charge in [-0.3, -0.25) is 4.98 Å². The molecule has 0 spiro atoms. The zero-order valence-electron chi connectivity index (χ0n) is 18.2. The van der Waals surface area contributed by atoms with E-state index in [-0.39, 0.29) is 17.2 Å². The molecule has 4 rings (SSSR count). The van der Waals surface area contributed by atoms with Crippen LogP contribution in [-0.4, -0.2) is 10.1 Å². The van der Waals surface area contributed by atoms with Crippen molar-refractivity contribution in [1.29, 1.82) is 0 Å². The number of hydrogen-bond acceptors (Lipinski definition) is 4. The molecule has 6 heteroatoms. The lowest BCUT2D eigenvalue weighted by molar-refractivity contribution is 0.318. The molecule has 0 saturated heterocycles. The van der Waals surface area contributed by atoms with Gasteiger partial charge in [0.1, 0.15) is 5.75 Å². The van der Waals surface area contributed by atoms with Crippen LogP contribution in [0.5, 0.6) is 5.75 Å². The Bertz CT molecular complexity index is 1280. The second-order valence-corrected chi connectivity index (χ2v) is 9.83. The first-order chi connectivity index (χ1) is 15.1. The molecule has 164 valence electrons. The molecule has 0 aliphatic carbocycles. The molecule has 4 N–H and O–H groups in total. The van der Waals surface area contributed by atoms with E-state index in [1.165, 1.54) is 0 Å². The summed E-state index contributed by atoms with van der Waals surface area (Å²) in [6.07, 6.45) is 1.74. The zero-order chi connectivity index (χ0) is 23.0. The maximum atomic E-state index is 11.2. The molecule has 0 amide bonds. The predicted octanol–water partition coefficient (Wildman–Crippen LogP) is 7.70. The van der Waals surface area contributed by atoms with Gasteiger partial charge in [-0.2, -0.15) is 0 Å². The van der Waals surface area contributed by atoms with Crippen LogP contribution in [0.4, 0.5) is 11.4 Å². The third kappa shape index (κ3) is 4.53. The lowest BCUT2D eigenvalue weighted by Crippen LogP contribution is -2.26. The Hall–Kier alpha value is -2.79. The van der Waals surface area contributed by atoms with E-state index in [1.807, 2.05) is 48.5 Å². The van der Waals surface area contributed by atoms with Gasteiger partial charge in [-0.05, 0) is 59.5 Å². The van der Waals surface area contributed by atoms with Crippen molar-refractivity contribution in [2.75, 3.05) is 5.32 Å². The molecule has 0 bridgehead atoms. The van der Waals surface area contributed by atoms with Crippen molar-refractivity contribution < 1.29 is 5.11 Å². The molecule has 0 saturated carbocycles. The summed E-state index contributed by atoms with van der Waals surface area (Å²) in [4.78, 5) is 4.41. The topological polar surface area (TPSA) is 71.2 Å². The van der Waals surface area contributed by atoms with Gasteiger partial charge in [0.25, 0.3) is 0 Å². The smallest absolute Gasteiger partial charge is 0.128 e. The van der Waals surface area contributed by atoms with Gasteiger partial charge in [-0.25, -0.2) is 0 Å². The van der Waals surface area contributed by atoms with Crippen LogP contribution in [0.25, 0.3) is 22.0 Å². The first-order valence-corrected chi connectivity index (χ1v) is 11.1. The standard InChI is InChI=1S/C26H25Cl2N3O/c1-26(2,3)25(29)21-14-18(13-20(24(21)32)15-4-6-16(27)7-5-15)31-22-10-11-30-23-12-17(28)8-9-19(22)23/h4-14,25,32H,29H2,1-3H3,(H,30,31). The molecule has 4 aromatic rings. The Labute approximate surface area is 198 Å². The monoisotopic (exact) mass is 465 g/mol. The van der Waals surface area contributed by atoms with E-state index in [9.17, 15) is 5.11 Å². The van der Waals surface area contributed by atoms with Crippen molar-refractivity contribution in [3.8, 4) is 16.9 Å². The summed E-state index contributed by atoms with van der Waals surface area (Å²) in [6, 6.07) is 18.4. The third-order valence-corrected chi connectivity index (χ3v) is 6.03. The normalized spacial score (nSPS) is 12.7. The minimum atomic E-state index is -0.372. The number of nitrogens with zero attached hydrogens (tertiary/aromatic N) is 1. The van der Waals surface area contributed by atoms with Crippen molar-refractivity contribution >= 4 is 45.5 Å². The Morgan fingerprint density at radius 2 is 1.62 bits per heavy atom. The molecule has 1 atom stereocenters. The summed E-state index contributed by atoms with van der Waals surface area (Å²) in [5, 5.41) is 16.9. The van der Waals surface area contributed by atoms with Gasteiger partial charge in [-0.15, -0.1) is 0 Å². The highest BCUT2D eigenvalue weighted by molar-refractivity contribution is 6.31. The van der Waals surface area contributed by atoms with E-state index >= 15 is 0 Å². The lowest BCUT2D eigenvalue weighted by atomic mass is 9.81. The molecule has 0 aliphatic rings. The number of phenols is 1. The number of pyridine rings is 1. The Morgan fingerprint density at radius 1 is 0.938 bits per heavy atom. The molecule has 1 heterocycles. The zero-order valence-corrected chi connectivity index (χ0v) is 19.7. The number of aromatic nitrogens is 1. The molecule has 0 aliphatic heterocycles. The first-order valence-electron chi connectivity index (χ1n) is 10.3. The number of nitrogens with two attached hydrogens (primary N) is 1. The molecule has 3 aromatic carbocycles. The van der Waals surface area contributed by atoms with Gasteiger partial charge in [-0.1, -0.05) is 56.1 Å². The number of rotatable bonds is 4. The highest BCUT2D eigenvalue weighted by atomic mass is 35.5. The molecule has 1 unspecified atom stereocenters. The molecule has 4 nitrogen and oxygen atoms in total. The number of nitrogens with one attached hydrogen (secondary N) is 1. The molecular weight excluding hydrogens is 441 g/mol. The summed E-state index contributed by atoms with van der Waals surface area (Å²) in [5.74, 6) is 0.173. The van der Waals surface area contributed by atoms with E-state index in [0.717, 1.165) is 27.8 Å². The summed E-state index contributed by atoms with van der Waals surface area (Å²) < 4.78 is 0. The van der Waals surface area contributed by atoms with Gasteiger partial charge in [0.15, 0.2) is 0 Å². The van der Waals surface area contributed by atoms with Crippen LogP contribution in [0.2, 0.25) is 10.0 Å². The van der Waals surface area contributed by atoms with Gasteiger partial charge < -0.3 is 16.2 Å². The van der Waals surface area contributed by atoms with Crippen LogP contribution in [0, 0.1) is 5.41 Å². The van der Waals surface area contributed by atoms with Gasteiger partial charge in [0.2, 0.25) is 0 Å². The Balaban J connectivity index is 1.87. The average Bonchev–Trinajstić information content (AvgIpc) is 2.74. The summed E-state index contributed by atoms with van der Waals surface area (Å²) in [6.45, 7) is 6.16. The highest BCUT2D eigenvalue weighted by Gasteiger charge is 2.27. The van der Waals surface area contributed by atoms with E-state index in [2.05, 4.69) is 31.1 Å². The summed E-state index contributed by atoms with van der Waals surface area (Å²) in [7, 11) is 0. The first kappa shape index (κ1) is 22.4. The number of aromatic hydroxyl groups is 1. The number of phenolic OH excluding ortho intramolecular Hbond substituents is 1. The number of benzene rings is 3. The number of fused-ring (bicyclic) bond motifs is 1. The molecule has 0 radical (unpaired) electrons. The minimum Gasteiger partial charge on any atom is -0.507 e. The van der Waals surface area contributed by atoms with E-state index in [1.54, 1.807) is 18.3 Å². The fourth-order valence-electron chi connectivity index (χ4n) is 3.67. The van der Waals surface area contributed by atoms with Gasteiger partial charge in [0.05, 0.1) is 5.52 Å². The number of hydrogen-bond donors (Lipinski definition) is 3. The molecule has 32 heavy (non-hydrogen) atoms. The number of anilines is 2. The summed E-state index contributed by atoms with van der Waals surface area (Å²) >= 11 is 12.2. The van der Waals surface area contributed by atoms with Crippen LogP contribution in [0.1, 0.15) is 32.4 Å². The van der Waals surface area contributed by atoms with Crippen molar-refractivity contribution in [3.05, 3.63) is 82.5 Å². The fraction of sp³-hybridized carbons (Fsp3) is 0.192.